The molecule has 2 fully saturated rings. The number of nitrogens with two attached hydrogens (primary N) is 1. The van der Waals surface area contributed by atoms with Crippen molar-refractivity contribution in [2.24, 2.45) is 29.4 Å². The van der Waals surface area contributed by atoms with Crippen molar-refractivity contribution in [2.45, 2.75) is 56.5 Å². The van der Waals surface area contributed by atoms with Crippen molar-refractivity contribution in [1.29, 1.82) is 0 Å². The predicted molar refractivity (Wildman–Crippen MR) is 127 cm³/mol. The molecule has 36 heavy (non-hydrogen) atoms. The van der Waals surface area contributed by atoms with E-state index >= 15 is 0 Å². The number of aliphatic hydroxyl groups is 3. The molecule has 10 nitrogen and oxygen atoms in total. The Hall–Kier alpha value is -2.66. The van der Waals surface area contributed by atoms with Crippen molar-refractivity contribution < 1.29 is 39.2 Å². The average Bonchev–Trinajstić information content (AvgIpc) is 2.81. The molecule has 0 heterocycles. The monoisotopic (exact) mass is 502 g/mol. The summed E-state index contributed by atoms with van der Waals surface area (Å²) in [5, 5.41) is 34.2. The molecule has 9 atom stereocenters. The first-order valence-corrected chi connectivity index (χ1v) is 12.3. The van der Waals surface area contributed by atoms with E-state index in [9.17, 15) is 34.5 Å². The van der Waals surface area contributed by atoms with Crippen LogP contribution in [-0.2, 0) is 14.4 Å². The van der Waals surface area contributed by atoms with Gasteiger partial charge in [0.25, 0.3) is 0 Å². The highest BCUT2D eigenvalue weighted by Crippen LogP contribution is 2.54. The summed E-state index contributed by atoms with van der Waals surface area (Å²) in [5.74, 6) is -10.2. The third kappa shape index (κ3) is 3.53. The van der Waals surface area contributed by atoms with E-state index in [0.29, 0.717) is 17.9 Å². The van der Waals surface area contributed by atoms with Gasteiger partial charge in [-0.1, -0.05) is 32.4 Å². The summed E-state index contributed by atoms with van der Waals surface area (Å²) in [6.45, 7) is 4.14. The number of carbonyl (C=O) groups excluding carboxylic acids is 4. The number of ether oxygens (including phenoxy) is 1. The number of amides is 1. The Morgan fingerprint density at radius 3 is 2.39 bits per heavy atom. The standard InChI is InChI=1S/C26H34N2O8/c1-5-6-10-36-13-9-7-8-12-11(2)14-16(20(29)15(12)13)23(32)26(35)18(21(14)30)19(28(3)4)22(31)17(24(26)33)25(27)34/h7-9,11,14,16-19,21-22,30-31,35H,5-6,10H2,1-4H3,(H2,27,34)/t11-,14+,16?,17?,18+,19-,21-,22?,26-/m0/s1. The van der Waals surface area contributed by atoms with Crippen LogP contribution in [0.5, 0.6) is 5.75 Å². The van der Waals surface area contributed by atoms with E-state index < -0.39 is 76.7 Å². The molecule has 3 aliphatic rings. The van der Waals surface area contributed by atoms with Gasteiger partial charge >= 0.3 is 0 Å². The molecule has 3 aliphatic carbocycles. The number of Topliss-reactive ketones (excluding diaryl/α,β-unsaturated/α-hetero) is 3. The molecule has 0 bridgehead atoms. The maximum absolute atomic E-state index is 14.0. The smallest absolute Gasteiger partial charge is 0.230 e. The molecule has 3 unspecified atom stereocenters. The summed E-state index contributed by atoms with van der Waals surface area (Å²) in [7, 11) is 3.08. The lowest BCUT2D eigenvalue weighted by molar-refractivity contribution is -0.208. The summed E-state index contributed by atoms with van der Waals surface area (Å²) >= 11 is 0. The van der Waals surface area contributed by atoms with Gasteiger partial charge in [0, 0.05) is 17.9 Å². The fourth-order valence-electron chi connectivity index (χ4n) is 6.60. The fraction of sp³-hybridized carbons (Fsp3) is 0.615. The summed E-state index contributed by atoms with van der Waals surface area (Å²) in [6, 6.07) is 3.96. The van der Waals surface area contributed by atoms with Gasteiger partial charge in [-0.3, -0.25) is 19.2 Å². The van der Waals surface area contributed by atoms with Gasteiger partial charge in [-0.2, -0.15) is 0 Å². The van der Waals surface area contributed by atoms with Crippen LogP contribution in [0, 0.1) is 23.7 Å². The second kappa shape index (κ2) is 9.33. The van der Waals surface area contributed by atoms with Crippen molar-refractivity contribution in [2.75, 3.05) is 20.7 Å². The lowest BCUT2D eigenvalue weighted by Gasteiger charge is -2.57. The molecule has 2 saturated carbocycles. The summed E-state index contributed by atoms with van der Waals surface area (Å²) < 4.78 is 5.84. The number of aliphatic hydroxyl groups excluding tert-OH is 2. The number of primary amides is 1. The zero-order valence-corrected chi connectivity index (χ0v) is 20.9. The van der Waals surface area contributed by atoms with Crippen LogP contribution in [0.15, 0.2) is 18.2 Å². The lowest BCUT2D eigenvalue weighted by Crippen LogP contribution is -2.78. The molecular formula is C26H34N2O8. The molecular weight excluding hydrogens is 468 g/mol. The molecule has 5 N–H and O–H groups in total. The van der Waals surface area contributed by atoms with Gasteiger partial charge in [0.1, 0.15) is 11.7 Å². The average molecular weight is 503 g/mol. The van der Waals surface area contributed by atoms with Gasteiger partial charge in [-0.25, -0.2) is 0 Å². The molecule has 0 saturated heterocycles. The van der Waals surface area contributed by atoms with E-state index in [1.807, 2.05) is 6.92 Å². The topological polar surface area (TPSA) is 167 Å². The first-order chi connectivity index (χ1) is 16.9. The first-order valence-electron chi connectivity index (χ1n) is 12.3. The third-order valence-electron chi connectivity index (χ3n) is 8.32. The minimum Gasteiger partial charge on any atom is -0.493 e. The number of benzene rings is 1. The van der Waals surface area contributed by atoms with Crippen molar-refractivity contribution >= 4 is 23.3 Å². The Morgan fingerprint density at radius 1 is 1.14 bits per heavy atom. The number of fused-ring (bicyclic) bond motifs is 3. The zero-order valence-electron chi connectivity index (χ0n) is 20.9. The minimum absolute atomic E-state index is 0.198. The van der Waals surface area contributed by atoms with Crippen molar-refractivity contribution in [3.8, 4) is 5.75 Å². The van der Waals surface area contributed by atoms with Crippen molar-refractivity contribution in [1.82, 2.24) is 4.90 Å². The number of unbranched alkanes of at least 4 members (excludes halogenated alkanes) is 1. The van der Waals surface area contributed by atoms with Crippen LogP contribution >= 0.6 is 0 Å². The highest BCUT2D eigenvalue weighted by atomic mass is 16.5. The second-order valence-corrected chi connectivity index (χ2v) is 10.5. The van der Waals surface area contributed by atoms with E-state index in [-0.39, 0.29) is 5.56 Å². The second-order valence-electron chi connectivity index (χ2n) is 10.5. The quantitative estimate of drug-likeness (QED) is 0.301. The van der Waals surface area contributed by atoms with E-state index in [4.69, 9.17) is 10.5 Å². The first kappa shape index (κ1) is 26.4. The Morgan fingerprint density at radius 2 is 1.81 bits per heavy atom. The number of hydrogen-bond donors (Lipinski definition) is 4. The highest BCUT2D eigenvalue weighted by Gasteiger charge is 2.72. The van der Waals surface area contributed by atoms with Gasteiger partial charge in [0.15, 0.2) is 23.0 Å². The van der Waals surface area contributed by atoms with Gasteiger partial charge in [0.2, 0.25) is 5.91 Å². The van der Waals surface area contributed by atoms with E-state index in [1.165, 1.54) is 19.0 Å². The van der Waals surface area contributed by atoms with Crippen LogP contribution < -0.4 is 10.5 Å². The van der Waals surface area contributed by atoms with E-state index in [2.05, 4.69) is 0 Å². The molecule has 10 heteroatoms. The van der Waals surface area contributed by atoms with E-state index in [0.717, 1.165) is 12.8 Å². The van der Waals surface area contributed by atoms with Crippen LogP contribution in [0.25, 0.3) is 0 Å². The third-order valence-corrected chi connectivity index (χ3v) is 8.32. The molecule has 0 radical (unpaired) electrons. The Balaban J connectivity index is 1.88. The van der Waals surface area contributed by atoms with Gasteiger partial charge in [-0.05, 0) is 38.1 Å². The van der Waals surface area contributed by atoms with Crippen molar-refractivity contribution in [3.05, 3.63) is 29.3 Å². The molecule has 0 aromatic heterocycles. The van der Waals surface area contributed by atoms with Crippen LogP contribution in [0.1, 0.15) is 48.5 Å². The SMILES string of the molecule is CCCCOc1cccc2c1C(=O)C1C(=O)[C@]3(O)C(=O)C(C(N)=O)C(O)[C@@H](N(C)C)[C@@H]3[C@@H](O)[C@@H]1[C@H]2C. The number of hydrogen-bond acceptors (Lipinski definition) is 9. The maximum Gasteiger partial charge on any atom is 0.230 e. The Labute approximate surface area is 209 Å². The van der Waals surface area contributed by atoms with Gasteiger partial charge < -0.3 is 30.7 Å². The lowest BCUT2D eigenvalue weighted by atomic mass is 9.49. The molecule has 0 aliphatic heterocycles. The summed E-state index contributed by atoms with van der Waals surface area (Å²) in [4.78, 5) is 54.8. The minimum atomic E-state index is -2.88. The zero-order chi connectivity index (χ0) is 26.7. The molecule has 4 rings (SSSR count). The van der Waals surface area contributed by atoms with Crippen LogP contribution in [0.2, 0.25) is 0 Å². The van der Waals surface area contributed by atoms with Crippen molar-refractivity contribution in [3.63, 3.8) is 0 Å². The maximum atomic E-state index is 14.0. The largest absolute Gasteiger partial charge is 0.493 e. The number of nitrogens with zero attached hydrogens (tertiary/aromatic N) is 1. The molecule has 0 spiro atoms. The van der Waals surface area contributed by atoms with Crippen LogP contribution in [0.4, 0.5) is 0 Å². The molecule has 1 aromatic carbocycles. The van der Waals surface area contributed by atoms with Crippen LogP contribution in [-0.4, -0.2) is 88.0 Å². The summed E-state index contributed by atoms with van der Waals surface area (Å²) in [6.07, 6.45) is -1.54. The van der Waals surface area contributed by atoms with Gasteiger partial charge in [-0.15, -0.1) is 0 Å². The van der Waals surface area contributed by atoms with E-state index in [1.54, 1.807) is 25.1 Å². The highest BCUT2D eigenvalue weighted by molar-refractivity contribution is 6.25. The Kier molecular flexibility index (Phi) is 6.85. The Bertz CT molecular complexity index is 1100. The summed E-state index contributed by atoms with van der Waals surface area (Å²) in [5.41, 5.74) is 3.31. The molecule has 1 aromatic rings. The van der Waals surface area contributed by atoms with Gasteiger partial charge in [0.05, 0.1) is 30.3 Å². The molecule has 1 amide bonds. The predicted octanol–water partition coefficient (Wildman–Crippen LogP) is -0.336. The number of carbonyl (C=O) groups is 4. The molecule has 196 valence electrons. The normalized spacial score (nSPS) is 37.8. The number of ketones is 3. The number of likely N-dealkylation sites (N-methyl/N-ethyl adjacent to an activating group) is 1. The fourth-order valence-corrected chi connectivity index (χ4v) is 6.60. The van der Waals surface area contributed by atoms with Crippen LogP contribution in [0.3, 0.4) is 0 Å². The number of rotatable bonds is 6.